The molecule has 156 valence electrons. The maximum atomic E-state index is 11.5. The lowest BCUT2D eigenvalue weighted by molar-refractivity contribution is 0.0653. The van der Waals surface area contributed by atoms with E-state index in [4.69, 9.17) is 9.47 Å². The van der Waals surface area contributed by atoms with Gasteiger partial charge in [-0.3, -0.25) is 9.69 Å². The molecule has 1 N–H and O–H groups in total. The van der Waals surface area contributed by atoms with Gasteiger partial charge in [0.25, 0.3) is 0 Å². The van der Waals surface area contributed by atoms with Gasteiger partial charge in [-0.05, 0) is 43.7 Å². The number of β-amino-alcohol motifs (C(OH)–C–C–N with tert-alkyl or cyclic N) is 1. The highest BCUT2D eigenvalue weighted by Gasteiger charge is 2.21. The average Bonchev–Trinajstić information content (AvgIpc) is 2.73. The number of rotatable bonds is 8. The van der Waals surface area contributed by atoms with Crippen molar-refractivity contribution in [1.29, 1.82) is 0 Å². The van der Waals surface area contributed by atoms with Crippen LogP contribution in [0.3, 0.4) is 0 Å². The molecule has 0 spiro atoms. The van der Waals surface area contributed by atoms with Crippen LogP contribution in [0.4, 0.5) is 5.69 Å². The highest BCUT2D eigenvalue weighted by molar-refractivity contribution is 5.94. The topological polar surface area (TPSA) is 62.2 Å². The molecule has 0 radical (unpaired) electrons. The van der Waals surface area contributed by atoms with Crippen LogP contribution in [0.2, 0.25) is 0 Å². The molecule has 6 heteroatoms. The SMILES string of the molecule is COc1cc(C(C)=O)ccc1OC[C@@H](O)CN1CCN(c2ccccc2C)CC1. The maximum Gasteiger partial charge on any atom is 0.161 e. The lowest BCUT2D eigenvalue weighted by atomic mass is 10.1. The van der Waals surface area contributed by atoms with Crippen molar-refractivity contribution in [3.05, 3.63) is 53.6 Å². The zero-order valence-electron chi connectivity index (χ0n) is 17.4. The van der Waals surface area contributed by atoms with Crippen LogP contribution in [0.25, 0.3) is 0 Å². The van der Waals surface area contributed by atoms with Crippen LogP contribution in [-0.2, 0) is 0 Å². The van der Waals surface area contributed by atoms with E-state index in [9.17, 15) is 9.90 Å². The summed E-state index contributed by atoms with van der Waals surface area (Å²) in [6, 6.07) is 13.5. The summed E-state index contributed by atoms with van der Waals surface area (Å²) in [6.07, 6.45) is -0.600. The number of Topliss-reactive ketones (excluding diaryl/α,β-unsaturated/α-hetero) is 1. The van der Waals surface area contributed by atoms with Crippen molar-refractivity contribution in [2.24, 2.45) is 0 Å². The molecule has 3 rings (SSSR count). The van der Waals surface area contributed by atoms with Gasteiger partial charge in [-0.1, -0.05) is 18.2 Å². The zero-order chi connectivity index (χ0) is 20.8. The van der Waals surface area contributed by atoms with E-state index >= 15 is 0 Å². The van der Waals surface area contributed by atoms with Crippen LogP contribution >= 0.6 is 0 Å². The number of carbonyl (C=O) groups excluding carboxylic acids is 1. The number of carbonyl (C=O) groups is 1. The van der Waals surface area contributed by atoms with Crippen molar-refractivity contribution in [3.63, 3.8) is 0 Å². The Balaban J connectivity index is 1.48. The molecule has 0 bridgehead atoms. The average molecular weight is 399 g/mol. The number of para-hydroxylation sites is 1. The number of methoxy groups -OCH3 is 1. The fourth-order valence-electron chi connectivity index (χ4n) is 3.63. The summed E-state index contributed by atoms with van der Waals surface area (Å²) in [5, 5.41) is 10.4. The molecule has 1 aliphatic heterocycles. The van der Waals surface area contributed by atoms with Crippen LogP contribution < -0.4 is 14.4 Å². The fourth-order valence-corrected chi connectivity index (χ4v) is 3.63. The highest BCUT2D eigenvalue weighted by atomic mass is 16.5. The number of hydrogen-bond donors (Lipinski definition) is 1. The number of anilines is 1. The Hall–Kier alpha value is -2.57. The Morgan fingerprint density at radius 3 is 2.48 bits per heavy atom. The Morgan fingerprint density at radius 2 is 1.83 bits per heavy atom. The van der Waals surface area contributed by atoms with Gasteiger partial charge in [0.05, 0.1) is 7.11 Å². The molecular weight excluding hydrogens is 368 g/mol. The van der Waals surface area contributed by atoms with Crippen LogP contribution in [0.5, 0.6) is 11.5 Å². The number of ether oxygens (including phenoxy) is 2. The van der Waals surface area contributed by atoms with Gasteiger partial charge in [0.15, 0.2) is 17.3 Å². The summed E-state index contributed by atoms with van der Waals surface area (Å²) in [7, 11) is 1.54. The first kappa shape index (κ1) is 21.1. The minimum atomic E-state index is -0.600. The third-order valence-corrected chi connectivity index (χ3v) is 5.30. The van der Waals surface area contributed by atoms with Gasteiger partial charge in [0, 0.05) is 44.0 Å². The first-order valence-electron chi connectivity index (χ1n) is 10.0. The molecule has 1 aliphatic rings. The van der Waals surface area contributed by atoms with E-state index in [-0.39, 0.29) is 12.4 Å². The Bertz CT molecular complexity index is 831. The second-order valence-corrected chi connectivity index (χ2v) is 7.46. The number of aliphatic hydroxyl groups excluding tert-OH is 1. The van der Waals surface area contributed by atoms with Gasteiger partial charge in [-0.2, -0.15) is 0 Å². The van der Waals surface area contributed by atoms with E-state index < -0.39 is 6.10 Å². The quantitative estimate of drug-likeness (QED) is 0.690. The van der Waals surface area contributed by atoms with Gasteiger partial charge >= 0.3 is 0 Å². The first-order valence-corrected chi connectivity index (χ1v) is 10.0. The van der Waals surface area contributed by atoms with Gasteiger partial charge in [0.1, 0.15) is 12.7 Å². The van der Waals surface area contributed by atoms with E-state index in [0.717, 1.165) is 26.2 Å². The van der Waals surface area contributed by atoms with Crippen molar-refractivity contribution >= 4 is 11.5 Å². The lowest BCUT2D eigenvalue weighted by Gasteiger charge is -2.37. The number of aliphatic hydroxyl groups is 1. The highest BCUT2D eigenvalue weighted by Crippen LogP contribution is 2.28. The molecule has 0 saturated carbocycles. The molecule has 29 heavy (non-hydrogen) atoms. The van der Waals surface area contributed by atoms with Crippen LogP contribution in [-0.4, -0.2) is 68.3 Å². The van der Waals surface area contributed by atoms with Crippen molar-refractivity contribution in [2.45, 2.75) is 20.0 Å². The van der Waals surface area contributed by atoms with Crippen LogP contribution in [0.1, 0.15) is 22.8 Å². The van der Waals surface area contributed by atoms with Gasteiger partial charge in [0.2, 0.25) is 0 Å². The number of aryl methyl sites for hydroxylation is 1. The molecule has 0 aromatic heterocycles. The molecule has 0 amide bonds. The fraction of sp³-hybridized carbons (Fsp3) is 0.435. The molecule has 6 nitrogen and oxygen atoms in total. The van der Waals surface area contributed by atoms with Crippen LogP contribution in [0, 0.1) is 6.92 Å². The Kier molecular flexibility index (Phi) is 7.12. The first-order chi connectivity index (χ1) is 14.0. The smallest absolute Gasteiger partial charge is 0.161 e. The number of nitrogens with zero attached hydrogens (tertiary/aromatic N) is 2. The van der Waals surface area contributed by atoms with Crippen molar-refractivity contribution in [1.82, 2.24) is 4.90 Å². The third kappa shape index (κ3) is 5.49. The molecule has 2 aromatic rings. The summed E-state index contributed by atoms with van der Waals surface area (Å²) < 4.78 is 11.1. The standard InChI is InChI=1S/C23H30N2O4/c1-17-6-4-5-7-21(17)25-12-10-24(11-13-25)15-20(27)16-29-22-9-8-19(18(2)26)14-23(22)28-3/h4-9,14,20,27H,10-13,15-16H2,1-3H3/t20-/m0/s1. The minimum Gasteiger partial charge on any atom is -0.493 e. The molecule has 0 aliphatic carbocycles. The molecule has 1 fully saturated rings. The molecule has 1 saturated heterocycles. The number of ketones is 1. The van der Waals surface area contributed by atoms with E-state index in [1.807, 2.05) is 0 Å². The van der Waals surface area contributed by atoms with E-state index in [0.29, 0.717) is 23.6 Å². The van der Waals surface area contributed by atoms with Crippen molar-refractivity contribution in [3.8, 4) is 11.5 Å². The molecule has 0 unspecified atom stereocenters. The zero-order valence-corrected chi connectivity index (χ0v) is 17.4. The molecule has 2 aromatic carbocycles. The molecule has 1 atom stereocenters. The normalized spacial score (nSPS) is 15.8. The molecule has 1 heterocycles. The summed E-state index contributed by atoms with van der Waals surface area (Å²) in [6.45, 7) is 8.09. The largest absolute Gasteiger partial charge is 0.493 e. The van der Waals surface area contributed by atoms with Crippen molar-refractivity contribution in [2.75, 3.05) is 51.3 Å². The summed E-state index contributed by atoms with van der Waals surface area (Å²) >= 11 is 0. The minimum absolute atomic E-state index is 0.0280. The second-order valence-electron chi connectivity index (χ2n) is 7.46. The summed E-state index contributed by atoms with van der Waals surface area (Å²) in [5.41, 5.74) is 3.15. The Morgan fingerprint density at radius 1 is 1.10 bits per heavy atom. The molecular formula is C23H30N2O4. The second kappa shape index (κ2) is 9.76. The lowest BCUT2D eigenvalue weighted by Crippen LogP contribution is -2.49. The number of hydrogen-bond acceptors (Lipinski definition) is 6. The maximum absolute atomic E-state index is 11.5. The number of benzene rings is 2. The number of piperazine rings is 1. The summed E-state index contributed by atoms with van der Waals surface area (Å²) in [5.74, 6) is 0.998. The monoisotopic (exact) mass is 398 g/mol. The predicted octanol–water partition coefficient (Wildman–Crippen LogP) is 2.77. The van der Waals surface area contributed by atoms with E-state index in [1.54, 1.807) is 18.2 Å². The van der Waals surface area contributed by atoms with E-state index in [2.05, 4.69) is 41.0 Å². The Labute approximate surface area is 172 Å². The van der Waals surface area contributed by atoms with Crippen molar-refractivity contribution < 1.29 is 19.4 Å². The van der Waals surface area contributed by atoms with Crippen LogP contribution in [0.15, 0.2) is 42.5 Å². The third-order valence-electron chi connectivity index (χ3n) is 5.30. The van der Waals surface area contributed by atoms with Gasteiger partial charge < -0.3 is 19.5 Å². The predicted molar refractivity (Wildman–Crippen MR) is 114 cm³/mol. The van der Waals surface area contributed by atoms with E-state index in [1.165, 1.54) is 25.3 Å². The van der Waals surface area contributed by atoms with Gasteiger partial charge in [-0.15, -0.1) is 0 Å². The summed E-state index contributed by atoms with van der Waals surface area (Å²) in [4.78, 5) is 16.2. The van der Waals surface area contributed by atoms with Gasteiger partial charge in [-0.25, -0.2) is 0 Å².